The summed E-state index contributed by atoms with van der Waals surface area (Å²) in [5.74, 6) is 0. The molecule has 1 heterocycles. The standard InChI is InChI=1S/C21H23ClF3NO/c22-19-7-2-1-5-17(19)14-26-10-8-20(15-27,9-11-26)13-16-4-3-6-18(12-16)21(23,24)25/h1-7,12,27H,8-11,13-15H2. The van der Waals surface area contributed by atoms with Gasteiger partial charge < -0.3 is 5.11 Å². The zero-order valence-corrected chi connectivity index (χ0v) is 15.7. The minimum absolute atomic E-state index is 0.0246. The monoisotopic (exact) mass is 397 g/mol. The lowest BCUT2D eigenvalue weighted by Crippen LogP contribution is -2.42. The van der Waals surface area contributed by atoms with E-state index in [1.165, 1.54) is 12.1 Å². The van der Waals surface area contributed by atoms with Gasteiger partial charge in [-0.1, -0.05) is 48.0 Å². The smallest absolute Gasteiger partial charge is 0.396 e. The third-order valence-electron chi connectivity index (χ3n) is 5.44. The molecule has 0 unspecified atom stereocenters. The van der Waals surface area contributed by atoms with E-state index in [9.17, 15) is 18.3 Å². The van der Waals surface area contributed by atoms with Crippen molar-refractivity contribution in [3.05, 3.63) is 70.2 Å². The van der Waals surface area contributed by atoms with E-state index in [4.69, 9.17) is 11.6 Å². The van der Waals surface area contributed by atoms with Gasteiger partial charge in [-0.05, 0) is 61.0 Å². The van der Waals surface area contributed by atoms with Gasteiger partial charge in [0.1, 0.15) is 0 Å². The Balaban J connectivity index is 1.65. The number of aliphatic hydroxyl groups excluding tert-OH is 1. The van der Waals surface area contributed by atoms with E-state index in [-0.39, 0.29) is 12.0 Å². The van der Waals surface area contributed by atoms with Crippen molar-refractivity contribution in [3.63, 3.8) is 0 Å². The molecule has 2 nitrogen and oxygen atoms in total. The number of halogens is 4. The van der Waals surface area contributed by atoms with Gasteiger partial charge in [-0.15, -0.1) is 0 Å². The van der Waals surface area contributed by atoms with Crippen LogP contribution in [0.3, 0.4) is 0 Å². The third kappa shape index (κ3) is 5.03. The first-order valence-corrected chi connectivity index (χ1v) is 9.42. The van der Waals surface area contributed by atoms with E-state index < -0.39 is 11.7 Å². The van der Waals surface area contributed by atoms with E-state index in [1.54, 1.807) is 6.07 Å². The van der Waals surface area contributed by atoms with Crippen LogP contribution >= 0.6 is 11.6 Å². The second-order valence-electron chi connectivity index (χ2n) is 7.40. The van der Waals surface area contributed by atoms with Gasteiger partial charge in [0.2, 0.25) is 0 Å². The molecule has 2 aromatic rings. The summed E-state index contributed by atoms with van der Waals surface area (Å²) in [6.07, 6.45) is -2.41. The minimum Gasteiger partial charge on any atom is -0.396 e. The SMILES string of the molecule is OCC1(Cc2cccc(C(F)(F)F)c2)CCN(Cc2ccccc2Cl)CC1. The highest BCUT2D eigenvalue weighted by atomic mass is 35.5. The summed E-state index contributed by atoms with van der Waals surface area (Å²) in [6, 6.07) is 13.2. The van der Waals surface area contributed by atoms with E-state index in [0.29, 0.717) is 12.0 Å². The number of likely N-dealkylation sites (tertiary alicyclic amines) is 1. The van der Waals surface area contributed by atoms with E-state index in [2.05, 4.69) is 4.90 Å². The minimum atomic E-state index is -4.35. The van der Waals surface area contributed by atoms with Crippen molar-refractivity contribution in [1.29, 1.82) is 0 Å². The molecule has 3 rings (SSSR count). The van der Waals surface area contributed by atoms with E-state index in [0.717, 1.165) is 49.1 Å². The van der Waals surface area contributed by atoms with Crippen molar-refractivity contribution in [2.75, 3.05) is 19.7 Å². The molecule has 1 N–H and O–H groups in total. The fourth-order valence-corrected chi connectivity index (χ4v) is 3.93. The van der Waals surface area contributed by atoms with Crippen molar-refractivity contribution in [2.24, 2.45) is 5.41 Å². The Morgan fingerprint density at radius 1 is 1.04 bits per heavy atom. The van der Waals surface area contributed by atoms with Gasteiger partial charge in [-0.25, -0.2) is 0 Å². The molecule has 146 valence electrons. The third-order valence-corrected chi connectivity index (χ3v) is 5.81. The van der Waals surface area contributed by atoms with E-state index in [1.807, 2.05) is 24.3 Å². The topological polar surface area (TPSA) is 23.5 Å². The van der Waals surface area contributed by atoms with Crippen LogP contribution < -0.4 is 0 Å². The summed E-state index contributed by atoms with van der Waals surface area (Å²) in [4.78, 5) is 2.28. The average molecular weight is 398 g/mol. The number of aliphatic hydroxyl groups is 1. The first kappa shape index (κ1) is 20.2. The van der Waals surface area contributed by atoms with Crippen molar-refractivity contribution < 1.29 is 18.3 Å². The van der Waals surface area contributed by atoms with Crippen LogP contribution in [-0.4, -0.2) is 29.7 Å². The highest BCUT2D eigenvalue weighted by molar-refractivity contribution is 6.31. The molecule has 0 atom stereocenters. The summed E-state index contributed by atoms with van der Waals surface area (Å²) in [7, 11) is 0. The maximum atomic E-state index is 12.9. The Morgan fingerprint density at radius 2 is 1.74 bits per heavy atom. The highest BCUT2D eigenvalue weighted by Crippen LogP contribution is 2.37. The molecule has 2 aromatic carbocycles. The van der Waals surface area contributed by atoms with Crippen LogP contribution in [0, 0.1) is 5.41 Å². The predicted octanol–water partition coefficient (Wildman–Crippen LogP) is 5.18. The quantitative estimate of drug-likeness (QED) is 0.751. The van der Waals surface area contributed by atoms with Crippen LogP contribution in [0.4, 0.5) is 13.2 Å². The zero-order chi connectivity index (χ0) is 19.5. The highest BCUT2D eigenvalue weighted by Gasteiger charge is 2.35. The summed E-state index contributed by atoms with van der Waals surface area (Å²) in [6.45, 7) is 2.28. The zero-order valence-electron chi connectivity index (χ0n) is 15.0. The molecule has 0 bridgehead atoms. The predicted molar refractivity (Wildman–Crippen MR) is 101 cm³/mol. The molecular weight excluding hydrogens is 375 g/mol. The summed E-state index contributed by atoms with van der Waals surface area (Å²) < 4.78 is 38.8. The molecule has 27 heavy (non-hydrogen) atoms. The normalized spacial score (nSPS) is 17.8. The number of piperidine rings is 1. The molecule has 1 aliphatic rings. The second-order valence-corrected chi connectivity index (χ2v) is 7.81. The number of nitrogens with zero attached hydrogens (tertiary/aromatic N) is 1. The molecule has 1 saturated heterocycles. The Kier molecular flexibility index (Phi) is 6.14. The van der Waals surface area contributed by atoms with Crippen LogP contribution in [0.25, 0.3) is 0 Å². The summed E-state index contributed by atoms with van der Waals surface area (Å²) >= 11 is 6.23. The number of hydrogen-bond donors (Lipinski definition) is 1. The molecule has 0 saturated carbocycles. The van der Waals surface area contributed by atoms with Crippen LogP contribution in [0.2, 0.25) is 5.02 Å². The van der Waals surface area contributed by atoms with Gasteiger partial charge in [0.15, 0.2) is 0 Å². The molecule has 0 radical (unpaired) electrons. The molecule has 0 aromatic heterocycles. The van der Waals surface area contributed by atoms with Gasteiger partial charge >= 0.3 is 6.18 Å². The molecule has 0 spiro atoms. The van der Waals surface area contributed by atoms with Crippen LogP contribution in [0.5, 0.6) is 0 Å². The van der Waals surface area contributed by atoms with Crippen molar-refractivity contribution >= 4 is 11.6 Å². The first-order valence-electron chi connectivity index (χ1n) is 9.04. The Hall–Kier alpha value is -1.56. The summed E-state index contributed by atoms with van der Waals surface area (Å²) in [5, 5.41) is 10.7. The van der Waals surface area contributed by atoms with Gasteiger partial charge in [-0.2, -0.15) is 13.2 Å². The number of benzene rings is 2. The van der Waals surface area contributed by atoms with Crippen molar-refractivity contribution in [3.8, 4) is 0 Å². The molecule has 1 fully saturated rings. The molecular formula is C21H23ClF3NO. The molecule has 0 aliphatic carbocycles. The lowest BCUT2D eigenvalue weighted by atomic mass is 9.74. The number of rotatable bonds is 5. The lowest BCUT2D eigenvalue weighted by Gasteiger charge is -2.41. The summed E-state index contributed by atoms with van der Waals surface area (Å²) in [5.41, 5.74) is 0.678. The molecule has 1 aliphatic heterocycles. The van der Waals surface area contributed by atoms with Gasteiger partial charge in [0.25, 0.3) is 0 Å². The number of hydrogen-bond acceptors (Lipinski definition) is 2. The Morgan fingerprint density at radius 3 is 2.37 bits per heavy atom. The van der Waals surface area contributed by atoms with Gasteiger partial charge in [0, 0.05) is 18.2 Å². The van der Waals surface area contributed by atoms with Crippen molar-refractivity contribution in [1.82, 2.24) is 4.90 Å². The average Bonchev–Trinajstić information content (AvgIpc) is 2.65. The fourth-order valence-electron chi connectivity index (χ4n) is 3.73. The van der Waals surface area contributed by atoms with Crippen LogP contribution in [-0.2, 0) is 19.1 Å². The lowest BCUT2D eigenvalue weighted by molar-refractivity contribution is -0.137. The largest absolute Gasteiger partial charge is 0.416 e. The molecule has 0 amide bonds. The van der Waals surface area contributed by atoms with Crippen LogP contribution in [0.1, 0.15) is 29.5 Å². The maximum Gasteiger partial charge on any atom is 0.416 e. The van der Waals surface area contributed by atoms with Gasteiger partial charge in [0.05, 0.1) is 5.56 Å². The van der Waals surface area contributed by atoms with E-state index >= 15 is 0 Å². The Bertz CT molecular complexity index is 770. The van der Waals surface area contributed by atoms with Crippen molar-refractivity contribution in [2.45, 2.75) is 32.0 Å². The first-order chi connectivity index (χ1) is 12.8. The fraction of sp³-hybridized carbons (Fsp3) is 0.429. The number of alkyl halides is 3. The maximum absolute atomic E-state index is 12.9. The van der Waals surface area contributed by atoms with Gasteiger partial charge in [-0.3, -0.25) is 4.90 Å². The second kappa shape index (κ2) is 8.21. The van der Waals surface area contributed by atoms with Crippen LogP contribution in [0.15, 0.2) is 48.5 Å². The Labute approximate surface area is 162 Å². The molecule has 6 heteroatoms.